The van der Waals surface area contributed by atoms with E-state index in [1.54, 1.807) is 14.2 Å². The molecule has 0 amide bonds. The molecule has 0 N–H and O–H groups in total. The second-order valence-electron chi connectivity index (χ2n) is 5.63. The summed E-state index contributed by atoms with van der Waals surface area (Å²) in [6.45, 7) is 15.7. The first-order valence-electron chi connectivity index (χ1n) is 7.69. The van der Waals surface area contributed by atoms with E-state index in [1.165, 1.54) is 11.1 Å². The van der Waals surface area contributed by atoms with Crippen LogP contribution in [-0.2, 0) is 19.3 Å². The molecule has 0 aromatic heterocycles. The van der Waals surface area contributed by atoms with E-state index in [9.17, 15) is 0 Å². The van der Waals surface area contributed by atoms with Gasteiger partial charge >= 0.3 is 0 Å². The maximum atomic E-state index is 6.48. The third-order valence-corrected chi connectivity index (χ3v) is 4.57. The Morgan fingerprint density at radius 2 is 1.52 bits per heavy atom. The number of alkyl halides is 1. The monoisotopic (exact) mass is 334 g/mol. The highest BCUT2D eigenvalue weighted by molar-refractivity contribution is 6.22. The molecule has 0 saturated carbocycles. The Morgan fingerprint density at radius 3 is 1.96 bits per heavy atom. The number of methoxy groups -OCH3 is 2. The Balaban J connectivity index is 3.68. The zero-order valence-electron chi connectivity index (χ0n) is 14.7. The predicted octanol–water partition coefficient (Wildman–Crippen LogP) is 5.20. The Hall–Kier alpha value is -1.67. The van der Waals surface area contributed by atoms with Crippen molar-refractivity contribution >= 4 is 11.6 Å². The topological polar surface area (TPSA) is 18.5 Å². The lowest BCUT2D eigenvalue weighted by molar-refractivity contribution is 0.348. The molecule has 0 bridgehead atoms. The minimum absolute atomic E-state index is 0.119. The summed E-state index contributed by atoms with van der Waals surface area (Å²) in [5, 5.41) is -0.119. The lowest BCUT2D eigenvalue weighted by Gasteiger charge is -2.24. The molecule has 3 heteroatoms. The first-order chi connectivity index (χ1) is 10.9. The molecule has 1 rings (SSSR count). The van der Waals surface area contributed by atoms with Gasteiger partial charge in [0.05, 0.1) is 19.6 Å². The summed E-state index contributed by atoms with van der Waals surface area (Å²) in [6.07, 6.45) is 5.86. The van der Waals surface area contributed by atoms with Crippen LogP contribution in [-0.4, -0.2) is 19.6 Å². The molecule has 0 aliphatic carbocycles. The molecule has 0 saturated heterocycles. The maximum Gasteiger partial charge on any atom is 0.164 e. The molecular formula is C20H27ClO2. The molecule has 1 unspecified atom stereocenters. The van der Waals surface area contributed by atoms with Crippen molar-refractivity contribution in [3.8, 4) is 11.5 Å². The van der Waals surface area contributed by atoms with Gasteiger partial charge in [-0.2, -0.15) is 0 Å². The standard InChI is InChI=1S/C20H27ClO2/c1-8-10-15-14(5)17(12-18(21)13(3)4)16(11-9-2)20(23-7)19(15)22-6/h8-9,18H,1-3,10-12H2,4-7H3. The van der Waals surface area contributed by atoms with E-state index in [4.69, 9.17) is 21.1 Å². The van der Waals surface area contributed by atoms with Crippen LogP contribution in [0, 0.1) is 6.92 Å². The van der Waals surface area contributed by atoms with Crippen molar-refractivity contribution in [2.45, 2.75) is 38.5 Å². The fourth-order valence-corrected chi connectivity index (χ4v) is 2.96. The van der Waals surface area contributed by atoms with Crippen LogP contribution in [0.1, 0.15) is 29.2 Å². The molecule has 126 valence electrons. The first-order valence-corrected chi connectivity index (χ1v) is 8.12. The first kappa shape index (κ1) is 19.4. The van der Waals surface area contributed by atoms with Crippen molar-refractivity contribution in [3.63, 3.8) is 0 Å². The van der Waals surface area contributed by atoms with Gasteiger partial charge in [0.25, 0.3) is 0 Å². The minimum Gasteiger partial charge on any atom is -0.493 e. The molecule has 0 aliphatic heterocycles. The summed E-state index contributed by atoms with van der Waals surface area (Å²) in [5.41, 5.74) is 5.48. The van der Waals surface area contributed by atoms with E-state index >= 15 is 0 Å². The van der Waals surface area contributed by atoms with Gasteiger partial charge in [0, 0.05) is 11.1 Å². The van der Waals surface area contributed by atoms with Crippen molar-refractivity contribution in [1.29, 1.82) is 0 Å². The Bertz CT molecular complexity index is 602. The largest absolute Gasteiger partial charge is 0.493 e. The number of allylic oxidation sites excluding steroid dienone is 3. The Morgan fingerprint density at radius 1 is 1.04 bits per heavy atom. The van der Waals surface area contributed by atoms with Crippen LogP contribution in [0.3, 0.4) is 0 Å². The Kier molecular flexibility index (Phi) is 7.44. The zero-order valence-corrected chi connectivity index (χ0v) is 15.4. The van der Waals surface area contributed by atoms with Gasteiger partial charge in [0.1, 0.15) is 0 Å². The van der Waals surface area contributed by atoms with Gasteiger partial charge in [-0.3, -0.25) is 0 Å². The van der Waals surface area contributed by atoms with E-state index < -0.39 is 0 Å². The second-order valence-corrected chi connectivity index (χ2v) is 6.16. The summed E-state index contributed by atoms with van der Waals surface area (Å²) in [5.74, 6) is 1.53. The molecule has 1 atom stereocenters. The predicted molar refractivity (Wildman–Crippen MR) is 100 cm³/mol. The highest BCUT2D eigenvalue weighted by Gasteiger charge is 2.23. The molecule has 1 aromatic carbocycles. The van der Waals surface area contributed by atoms with E-state index in [2.05, 4.69) is 26.7 Å². The van der Waals surface area contributed by atoms with E-state index in [1.807, 2.05) is 19.1 Å². The van der Waals surface area contributed by atoms with Crippen molar-refractivity contribution in [2.24, 2.45) is 0 Å². The van der Waals surface area contributed by atoms with Crippen LogP contribution in [0.25, 0.3) is 0 Å². The Labute approximate surface area is 145 Å². The van der Waals surface area contributed by atoms with Gasteiger partial charge < -0.3 is 9.47 Å². The summed E-state index contributed by atoms with van der Waals surface area (Å²) in [7, 11) is 3.33. The fourth-order valence-electron chi connectivity index (χ4n) is 2.80. The summed E-state index contributed by atoms with van der Waals surface area (Å²) >= 11 is 6.48. The number of benzene rings is 1. The number of hydrogen-bond donors (Lipinski definition) is 0. The van der Waals surface area contributed by atoms with Crippen LogP contribution in [0.15, 0.2) is 37.5 Å². The van der Waals surface area contributed by atoms with E-state index in [0.717, 1.165) is 28.2 Å². The lowest BCUT2D eigenvalue weighted by atomic mass is 9.88. The fraction of sp³-hybridized carbons (Fsp3) is 0.400. The number of rotatable bonds is 9. The van der Waals surface area contributed by atoms with Gasteiger partial charge in [-0.15, -0.1) is 24.8 Å². The van der Waals surface area contributed by atoms with Crippen LogP contribution in [0.5, 0.6) is 11.5 Å². The van der Waals surface area contributed by atoms with Crippen molar-refractivity contribution < 1.29 is 9.47 Å². The van der Waals surface area contributed by atoms with Gasteiger partial charge in [0.2, 0.25) is 0 Å². The van der Waals surface area contributed by atoms with Gasteiger partial charge in [-0.25, -0.2) is 0 Å². The van der Waals surface area contributed by atoms with Crippen molar-refractivity contribution in [3.05, 3.63) is 59.7 Å². The molecule has 0 fully saturated rings. The van der Waals surface area contributed by atoms with Crippen molar-refractivity contribution in [2.75, 3.05) is 14.2 Å². The number of halogens is 1. The average Bonchev–Trinajstić information content (AvgIpc) is 2.52. The smallest absolute Gasteiger partial charge is 0.164 e. The molecule has 2 nitrogen and oxygen atoms in total. The van der Waals surface area contributed by atoms with E-state index in [0.29, 0.717) is 19.3 Å². The summed E-state index contributed by atoms with van der Waals surface area (Å²) < 4.78 is 11.3. The average molecular weight is 335 g/mol. The molecule has 1 aromatic rings. The molecule has 0 spiro atoms. The normalized spacial score (nSPS) is 11.7. The summed E-state index contributed by atoms with van der Waals surface area (Å²) in [6, 6.07) is 0. The van der Waals surface area contributed by atoms with Gasteiger partial charge in [0.15, 0.2) is 11.5 Å². The minimum atomic E-state index is -0.119. The van der Waals surface area contributed by atoms with Crippen LogP contribution in [0.4, 0.5) is 0 Å². The van der Waals surface area contributed by atoms with Gasteiger partial charge in [-0.1, -0.05) is 24.3 Å². The zero-order chi connectivity index (χ0) is 17.6. The lowest BCUT2D eigenvalue weighted by Crippen LogP contribution is -2.12. The molecule has 0 aliphatic rings. The molecular weight excluding hydrogens is 308 g/mol. The van der Waals surface area contributed by atoms with Crippen LogP contribution >= 0.6 is 11.6 Å². The molecule has 0 heterocycles. The third kappa shape index (κ3) is 4.20. The van der Waals surface area contributed by atoms with E-state index in [-0.39, 0.29) is 5.38 Å². The molecule has 0 radical (unpaired) electrons. The SMILES string of the molecule is C=CCc1c(C)c(CC(Cl)C(=C)C)c(CC=C)c(OC)c1OC. The number of ether oxygens (including phenoxy) is 2. The maximum absolute atomic E-state index is 6.48. The third-order valence-electron chi connectivity index (χ3n) is 4.05. The van der Waals surface area contributed by atoms with Crippen LogP contribution < -0.4 is 9.47 Å². The number of hydrogen-bond acceptors (Lipinski definition) is 2. The molecule has 23 heavy (non-hydrogen) atoms. The van der Waals surface area contributed by atoms with Crippen LogP contribution in [0.2, 0.25) is 0 Å². The quantitative estimate of drug-likeness (QED) is 0.456. The van der Waals surface area contributed by atoms with Crippen molar-refractivity contribution in [1.82, 2.24) is 0 Å². The summed E-state index contributed by atoms with van der Waals surface area (Å²) in [4.78, 5) is 0. The van der Waals surface area contributed by atoms with Gasteiger partial charge in [-0.05, 0) is 44.2 Å². The highest BCUT2D eigenvalue weighted by atomic mass is 35.5. The second kappa shape index (κ2) is 8.83. The highest BCUT2D eigenvalue weighted by Crippen LogP contribution is 2.41.